The summed E-state index contributed by atoms with van der Waals surface area (Å²) in [6, 6.07) is 2.18. The minimum absolute atomic E-state index is 0.107. The van der Waals surface area contributed by atoms with E-state index >= 15 is 0 Å². The molecule has 1 aliphatic rings. The highest BCUT2D eigenvalue weighted by atomic mass is 15.3. The van der Waals surface area contributed by atoms with Crippen molar-refractivity contribution in [1.29, 1.82) is 0 Å². The Morgan fingerprint density at radius 2 is 2.05 bits per heavy atom. The second kappa shape index (κ2) is 6.03. The zero-order chi connectivity index (χ0) is 13.9. The largest absolute Gasteiger partial charge is 0.296 e. The standard InChI is InChI=1S/C14H27N5/c1-4-19(5-2)14(9-6-7-10-14)13(16-15)12-8-11-18(3)17-12/h8,11,13,16H,4-7,9-10,15H2,1-3H3. The van der Waals surface area contributed by atoms with E-state index in [1.54, 1.807) is 0 Å². The van der Waals surface area contributed by atoms with Gasteiger partial charge < -0.3 is 0 Å². The number of nitrogens with two attached hydrogens (primary N) is 1. The highest BCUT2D eigenvalue weighted by Gasteiger charge is 2.46. The van der Waals surface area contributed by atoms with Gasteiger partial charge in [-0.1, -0.05) is 26.7 Å². The van der Waals surface area contributed by atoms with Crippen LogP contribution in [0, 0.1) is 0 Å². The Labute approximate surface area is 116 Å². The van der Waals surface area contributed by atoms with E-state index in [9.17, 15) is 0 Å². The Kier molecular flexibility index (Phi) is 4.60. The average Bonchev–Trinajstić information content (AvgIpc) is 3.03. The van der Waals surface area contributed by atoms with Crippen molar-refractivity contribution in [2.75, 3.05) is 13.1 Å². The average molecular weight is 265 g/mol. The van der Waals surface area contributed by atoms with Gasteiger partial charge in [0.25, 0.3) is 0 Å². The fourth-order valence-corrected chi connectivity index (χ4v) is 3.73. The van der Waals surface area contributed by atoms with Gasteiger partial charge in [-0.3, -0.25) is 15.4 Å². The molecular weight excluding hydrogens is 238 g/mol. The van der Waals surface area contributed by atoms with Crippen molar-refractivity contribution in [3.8, 4) is 0 Å². The number of nitrogens with one attached hydrogen (secondary N) is 1. The molecule has 1 atom stereocenters. The number of rotatable bonds is 6. The number of hydrogen-bond donors (Lipinski definition) is 2. The molecule has 0 spiro atoms. The summed E-state index contributed by atoms with van der Waals surface area (Å²) >= 11 is 0. The van der Waals surface area contributed by atoms with Crippen LogP contribution in [0.25, 0.3) is 0 Å². The SMILES string of the molecule is CCN(CC)C1(C(NN)c2ccn(C)n2)CCCC1. The predicted molar refractivity (Wildman–Crippen MR) is 77.4 cm³/mol. The van der Waals surface area contributed by atoms with Crippen LogP contribution in [0.3, 0.4) is 0 Å². The van der Waals surface area contributed by atoms with Gasteiger partial charge in [-0.15, -0.1) is 0 Å². The van der Waals surface area contributed by atoms with E-state index in [0.717, 1.165) is 18.8 Å². The zero-order valence-electron chi connectivity index (χ0n) is 12.4. The Morgan fingerprint density at radius 1 is 1.42 bits per heavy atom. The minimum atomic E-state index is 0.107. The highest BCUT2D eigenvalue weighted by Crippen LogP contribution is 2.43. The first-order valence-electron chi connectivity index (χ1n) is 7.38. The van der Waals surface area contributed by atoms with Crippen LogP contribution in [0.1, 0.15) is 51.3 Å². The minimum Gasteiger partial charge on any atom is -0.296 e. The molecule has 19 heavy (non-hydrogen) atoms. The molecule has 1 unspecified atom stereocenters. The summed E-state index contributed by atoms with van der Waals surface area (Å²) < 4.78 is 1.85. The van der Waals surface area contributed by atoms with Crippen LogP contribution in [0.2, 0.25) is 0 Å². The van der Waals surface area contributed by atoms with Crippen LogP contribution >= 0.6 is 0 Å². The molecular formula is C14H27N5. The molecule has 0 saturated heterocycles. The molecule has 0 aliphatic heterocycles. The summed E-state index contributed by atoms with van der Waals surface area (Å²) in [5, 5.41) is 4.57. The smallest absolute Gasteiger partial charge is 0.0834 e. The molecule has 5 heteroatoms. The summed E-state index contributed by atoms with van der Waals surface area (Å²) in [6.07, 6.45) is 6.94. The molecule has 2 rings (SSSR count). The van der Waals surface area contributed by atoms with Crippen molar-refractivity contribution in [2.45, 2.75) is 51.1 Å². The molecule has 108 valence electrons. The molecule has 0 aromatic carbocycles. The Bertz CT molecular complexity index is 390. The van der Waals surface area contributed by atoms with Crippen molar-refractivity contribution < 1.29 is 0 Å². The van der Waals surface area contributed by atoms with Gasteiger partial charge in [-0.25, -0.2) is 5.43 Å². The fourth-order valence-electron chi connectivity index (χ4n) is 3.73. The third kappa shape index (κ3) is 2.55. The molecule has 1 aromatic heterocycles. The quantitative estimate of drug-likeness (QED) is 0.605. The first-order chi connectivity index (χ1) is 9.17. The lowest BCUT2D eigenvalue weighted by atomic mass is 9.84. The first kappa shape index (κ1) is 14.5. The maximum atomic E-state index is 5.90. The van der Waals surface area contributed by atoms with Crippen LogP contribution in [0.15, 0.2) is 12.3 Å². The third-order valence-corrected chi connectivity index (χ3v) is 4.60. The van der Waals surface area contributed by atoms with E-state index in [0.29, 0.717) is 0 Å². The van der Waals surface area contributed by atoms with E-state index < -0.39 is 0 Å². The van der Waals surface area contributed by atoms with E-state index in [2.05, 4.69) is 35.3 Å². The van der Waals surface area contributed by atoms with Crippen LogP contribution in [-0.2, 0) is 7.05 Å². The van der Waals surface area contributed by atoms with Crippen molar-refractivity contribution >= 4 is 0 Å². The van der Waals surface area contributed by atoms with Crippen molar-refractivity contribution in [3.05, 3.63) is 18.0 Å². The number of nitrogens with zero attached hydrogens (tertiary/aromatic N) is 3. The van der Waals surface area contributed by atoms with Crippen LogP contribution < -0.4 is 11.3 Å². The topological polar surface area (TPSA) is 59.1 Å². The van der Waals surface area contributed by atoms with Crippen molar-refractivity contribution in [1.82, 2.24) is 20.1 Å². The number of hydrogen-bond acceptors (Lipinski definition) is 4. The molecule has 0 radical (unpaired) electrons. The number of hydrazine groups is 1. The molecule has 1 fully saturated rings. The molecule has 1 aromatic rings. The third-order valence-electron chi connectivity index (χ3n) is 4.60. The van der Waals surface area contributed by atoms with Crippen molar-refractivity contribution in [3.63, 3.8) is 0 Å². The van der Waals surface area contributed by atoms with E-state index in [-0.39, 0.29) is 11.6 Å². The van der Waals surface area contributed by atoms with Gasteiger partial charge in [0, 0.05) is 18.8 Å². The predicted octanol–water partition coefficient (Wildman–Crippen LogP) is 1.58. The van der Waals surface area contributed by atoms with E-state index in [1.807, 2.05) is 17.9 Å². The van der Waals surface area contributed by atoms with Gasteiger partial charge in [0.15, 0.2) is 0 Å². The van der Waals surface area contributed by atoms with Gasteiger partial charge in [0.2, 0.25) is 0 Å². The van der Waals surface area contributed by atoms with E-state index in [4.69, 9.17) is 5.84 Å². The van der Waals surface area contributed by atoms with E-state index in [1.165, 1.54) is 25.7 Å². The van der Waals surface area contributed by atoms with Gasteiger partial charge in [-0.2, -0.15) is 5.10 Å². The Balaban J connectivity index is 2.35. The molecule has 3 N–H and O–H groups in total. The first-order valence-corrected chi connectivity index (χ1v) is 7.38. The maximum Gasteiger partial charge on any atom is 0.0834 e. The normalized spacial score (nSPS) is 20.1. The van der Waals surface area contributed by atoms with Gasteiger partial charge in [0.1, 0.15) is 0 Å². The summed E-state index contributed by atoms with van der Waals surface area (Å²) in [4.78, 5) is 2.55. The molecule has 0 amide bonds. The number of likely N-dealkylation sites (N-methyl/N-ethyl adjacent to an activating group) is 1. The van der Waals surface area contributed by atoms with Gasteiger partial charge in [-0.05, 0) is 32.0 Å². The summed E-state index contributed by atoms with van der Waals surface area (Å²) in [6.45, 7) is 6.58. The number of aryl methyl sites for hydroxylation is 1. The zero-order valence-corrected chi connectivity index (χ0v) is 12.4. The van der Waals surface area contributed by atoms with Gasteiger partial charge in [0.05, 0.1) is 11.7 Å². The lowest BCUT2D eigenvalue weighted by Crippen LogP contribution is -2.56. The second-order valence-electron chi connectivity index (χ2n) is 5.50. The van der Waals surface area contributed by atoms with Crippen LogP contribution in [0.5, 0.6) is 0 Å². The van der Waals surface area contributed by atoms with Crippen LogP contribution in [-0.4, -0.2) is 33.3 Å². The fraction of sp³-hybridized carbons (Fsp3) is 0.786. The van der Waals surface area contributed by atoms with Crippen LogP contribution in [0.4, 0.5) is 0 Å². The lowest BCUT2D eigenvalue weighted by Gasteiger charge is -2.45. The second-order valence-corrected chi connectivity index (χ2v) is 5.50. The monoisotopic (exact) mass is 265 g/mol. The van der Waals surface area contributed by atoms with Gasteiger partial charge >= 0.3 is 0 Å². The summed E-state index contributed by atoms with van der Waals surface area (Å²) in [7, 11) is 1.95. The Hall–Kier alpha value is -0.910. The lowest BCUT2D eigenvalue weighted by molar-refractivity contribution is 0.0609. The number of aromatic nitrogens is 2. The molecule has 1 saturated carbocycles. The molecule has 0 bridgehead atoms. The summed E-state index contributed by atoms with van der Waals surface area (Å²) in [5.74, 6) is 5.90. The molecule has 1 aliphatic carbocycles. The van der Waals surface area contributed by atoms with Crippen molar-refractivity contribution in [2.24, 2.45) is 12.9 Å². The maximum absolute atomic E-state index is 5.90. The summed E-state index contributed by atoms with van der Waals surface area (Å²) in [5.41, 5.74) is 4.22. The Morgan fingerprint density at radius 3 is 2.47 bits per heavy atom. The molecule has 1 heterocycles. The molecule has 5 nitrogen and oxygen atoms in total. The highest BCUT2D eigenvalue weighted by molar-refractivity contribution is 5.16.